The highest BCUT2D eigenvalue weighted by Gasteiger charge is 2.15. The molecule has 0 amide bonds. The van der Waals surface area contributed by atoms with Crippen molar-refractivity contribution in [1.29, 1.82) is 0 Å². The van der Waals surface area contributed by atoms with Crippen molar-refractivity contribution in [1.82, 2.24) is 0 Å². The van der Waals surface area contributed by atoms with Gasteiger partial charge in [-0.15, -0.1) is 0 Å². The van der Waals surface area contributed by atoms with Crippen molar-refractivity contribution in [3.63, 3.8) is 0 Å². The minimum atomic E-state index is -1.69. The van der Waals surface area contributed by atoms with Crippen LogP contribution in [0.1, 0.15) is 20.8 Å². The molecule has 1 atom stereocenters. The Balaban J connectivity index is 3.28. The third-order valence-electron chi connectivity index (χ3n) is 0.699. The lowest BCUT2D eigenvalue weighted by Gasteiger charge is -2.16. The topological polar surface area (TPSA) is 9.23 Å². The number of hydrogen-bond donors (Lipinski definition) is 0. The van der Waals surface area contributed by atoms with Gasteiger partial charge in [0, 0.05) is 0 Å². The standard InChI is InChI=1S/C6H12BFO/c1-5(2)9-4-6(3,7)8/h5H,4H2,1-3H3. The summed E-state index contributed by atoms with van der Waals surface area (Å²) < 4.78 is 17.3. The van der Waals surface area contributed by atoms with Crippen LogP contribution >= 0.6 is 0 Å². The third kappa shape index (κ3) is 7.95. The molecule has 3 heteroatoms. The van der Waals surface area contributed by atoms with Gasteiger partial charge in [0.1, 0.15) is 7.85 Å². The second kappa shape index (κ2) is 3.21. The minimum absolute atomic E-state index is 0.0370. The van der Waals surface area contributed by atoms with Crippen LogP contribution in [-0.4, -0.2) is 26.1 Å². The van der Waals surface area contributed by atoms with Crippen LogP contribution in [-0.2, 0) is 4.74 Å². The van der Waals surface area contributed by atoms with Gasteiger partial charge < -0.3 is 4.74 Å². The Kier molecular flexibility index (Phi) is 3.19. The van der Waals surface area contributed by atoms with E-state index in [9.17, 15) is 4.39 Å². The molecule has 0 aromatic heterocycles. The van der Waals surface area contributed by atoms with Crippen LogP contribution in [0.15, 0.2) is 0 Å². The van der Waals surface area contributed by atoms with Crippen molar-refractivity contribution in [2.24, 2.45) is 0 Å². The molecule has 0 aliphatic carbocycles. The van der Waals surface area contributed by atoms with Crippen LogP contribution in [0, 0.1) is 0 Å². The third-order valence-corrected chi connectivity index (χ3v) is 0.699. The maximum absolute atomic E-state index is 12.4. The first-order chi connectivity index (χ1) is 3.92. The zero-order valence-corrected chi connectivity index (χ0v) is 6.15. The van der Waals surface area contributed by atoms with Crippen molar-refractivity contribution in [2.45, 2.75) is 32.4 Å². The van der Waals surface area contributed by atoms with Crippen LogP contribution in [0.3, 0.4) is 0 Å². The van der Waals surface area contributed by atoms with Gasteiger partial charge in [-0.1, -0.05) is 0 Å². The van der Waals surface area contributed by atoms with Gasteiger partial charge in [0.25, 0.3) is 0 Å². The Morgan fingerprint density at radius 2 is 2.11 bits per heavy atom. The first kappa shape index (κ1) is 8.95. The van der Waals surface area contributed by atoms with E-state index in [1.165, 1.54) is 6.92 Å². The fraction of sp³-hybridized carbons (Fsp3) is 1.00. The number of rotatable bonds is 3. The second-order valence-corrected chi connectivity index (χ2v) is 2.64. The molecular weight excluding hydrogens is 118 g/mol. The Morgan fingerprint density at radius 1 is 1.67 bits per heavy atom. The molecule has 0 bridgehead atoms. The molecule has 0 heterocycles. The summed E-state index contributed by atoms with van der Waals surface area (Å²) in [5.74, 6) is 0. The first-order valence-corrected chi connectivity index (χ1v) is 3.01. The predicted molar refractivity (Wildman–Crippen MR) is 36.4 cm³/mol. The van der Waals surface area contributed by atoms with Crippen molar-refractivity contribution in [2.75, 3.05) is 6.61 Å². The molecule has 0 saturated heterocycles. The van der Waals surface area contributed by atoms with Crippen LogP contribution < -0.4 is 0 Å². The molecule has 0 fully saturated rings. The Bertz CT molecular complexity index is 77.6. The zero-order valence-electron chi connectivity index (χ0n) is 6.15. The van der Waals surface area contributed by atoms with Crippen LogP contribution in [0.4, 0.5) is 4.39 Å². The van der Waals surface area contributed by atoms with Crippen molar-refractivity contribution in [3.8, 4) is 0 Å². The number of ether oxygens (including phenoxy) is 1. The summed E-state index contributed by atoms with van der Waals surface area (Å²) in [5, 5.41) is 0. The molecule has 0 aliphatic rings. The molecule has 2 radical (unpaired) electrons. The van der Waals surface area contributed by atoms with Crippen molar-refractivity contribution < 1.29 is 9.13 Å². The van der Waals surface area contributed by atoms with Gasteiger partial charge in [-0.2, -0.15) is 0 Å². The summed E-state index contributed by atoms with van der Waals surface area (Å²) in [6, 6.07) is 0. The molecule has 0 N–H and O–H groups in total. The highest BCUT2D eigenvalue weighted by atomic mass is 19.1. The smallest absolute Gasteiger partial charge is 0.124 e. The van der Waals surface area contributed by atoms with Gasteiger partial charge in [-0.05, 0) is 20.8 Å². The SMILES string of the molecule is [B]C(C)(F)COC(C)C. The maximum Gasteiger partial charge on any atom is 0.124 e. The first-order valence-electron chi connectivity index (χ1n) is 3.01. The largest absolute Gasteiger partial charge is 0.376 e. The van der Waals surface area contributed by atoms with E-state index in [1.54, 1.807) is 0 Å². The van der Waals surface area contributed by atoms with Gasteiger partial charge in [0.05, 0.1) is 18.3 Å². The lowest BCUT2D eigenvalue weighted by Crippen LogP contribution is -2.27. The molecule has 0 spiro atoms. The van der Waals surface area contributed by atoms with Gasteiger partial charge >= 0.3 is 0 Å². The van der Waals surface area contributed by atoms with E-state index in [4.69, 9.17) is 12.6 Å². The number of alkyl halides is 1. The van der Waals surface area contributed by atoms with Gasteiger partial charge in [0.2, 0.25) is 0 Å². The van der Waals surface area contributed by atoms with E-state index in [1.807, 2.05) is 13.8 Å². The maximum atomic E-state index is 12.4. The van der Waals surface area contributed by atoms with Gasteiger partial charge in [-0.3, -0.25) is 4.39 Å². The highest BCUT2D eigenvalue weighted by Crippen LogP contribution is 2.04. The molecular formula is C6H12BFO. The normalized spacial score (nSPS) is 17.9. The van der Waals surface area contributed by atoms with E-state index in [2.05, 4.69) is 0 Å². The highest BCUT2D eigenvalue weighted by molar-refractivity contribution is 6.14. The summed E-state index contributed by atoms with van der Waals surface area (Å²) in [6.45, 7) is 4.93. The van der Waals surface area contributed by atoms with E-state index in [0.717, 1.165) is 0 Å². The summed E-state index contributed by atoms with van der Waals surface area (Å²) in [7, 11) is 4.99. The Labute approximate surface area is 57.0 Å². The molecule has 1 unspecified atom stereocenters. The molecule has 9 heavy (non-hydrogen) atoms. The minimum Gasteiger partial charge on any atom is -0.376 e. The average Bonchev–Trinajstić information content (AvgIpc) is 1.59. The molecule has 1 nitrogen and oxygen atoms in total. The fourth-order valence-electron chi connectivity index (χ4n) is 0.330. The molecule has 0 aliphatic heterocycles. The predicted octanol–water partition coefficient (Wildman–Crippen LogP) is 1.27. The molecule has 0 rings (SSSR count). The number of hydrogen-bond acceptors (Lipinski definition) is 1. The average molecular weight is 130 g/mol. The molecule has 0 aromatic rings. The Hall–Kier alpha value is -0.0451. The molecule has 0 aromatic carbocycles. The summed E-state index contributed by atoms with van der Waals surface area (Å²) in [4.78, 5) is 0. The zero-order chi connectivity index (χ0) is 7.49. The summed E-state index contributed by atoms with van der Waals surface area (Å²) in [5.41, 5.74) is -1.69. The summed E-state index contributed by atoms with van der Waals surface area (Å²) >= 11 is 0. The van der Waals surface area contributed by atoms with Crippen LogP contribution in [0.5, 0.6) is 0 Å². The van der Waals surface area contributed by atoms with Gasteiger partial charge in [-0.25, -0.2) is 0 Å². The number of halogens is 1. The molecule has 0 saturated carbocycles. The molecule has 52 valence electrons. The fourth-order valence-corrected chi connectivity index (χ4v) is 0.330. The van der Waals surface area contributed by atoms with E-state index < -0.39 is 5.57 Å². The van der Waals surface area contributed by atoms with Gasteiger partial charge in [0.15, 0.2) is 0 Å². The van der Waals surface area contributed by atoms with Crippen LogP contribution in [0.2, 0.25) is 0 Å². The second-order valence-electron chi connectivity index (χ2n) is 2.64. The lowest BCUT2D eigenvalue weighted by atomic mass is 9.87. The van der Waals surface area contributed by atoms with E-state index in [-0.39, 0.29) is 12.7 Å². The lowest BCUT2D eigenvalue weighted by molar-refractivity contribution is 0.0289. The van der Waals surface area contributed by atoms with Crippen molar-refractivity contribution in [3.05, 3.63) is 0 Å². The van der Waals surface area contributed by atoms with Crippen molar-refractivity contribution >= 4 is 7.85 Å². The van der Waals surface area contributed by atoms with Crippen LogP contribution in [0.25, 0.3) is 0 Å². The monoisotopic (exact) mass is 130 g/mol. The quantitative estimate of drug-likeness (QED) is 0.522. The van der Waals surface area contributed by atoms with E-state index >= 15 is 0 Å². The summed E-state index contributed by atoms with van der Waals surface area (Å²) in [6.07, 6.45) is 0.0450. The Morgan fingerprint density at radius 3 is 2.22 bits per heavy atom. The van der Waals surface area contributed by atoms with E-state index in [0.29, 0.717) is 0 Å².